The van der Waals surface area contributed by atoms with Gasteiger partial charge in [0.15, 0.2) is 5.13 Å². The van der Waals surface area contributed by atoms with Crippen LogP contribution in [0.1, 0.15) is 10.4 Å². The Labute approximate surface area is 186 Å². The molecule has 0 aliphatic carbocycles. The number of hydrogen-bond donors (Lipinski definition) is 2. The Bertz CT molecular complexity index is 1300. The topological polar surface area (TPSA) is 88.2 Å². The summed E-state index contributed by atoms with van der Waals surface area (Å²) in [7, 11) is -3.74. The quantitative estimate of drug-likeness (QED) is 0.381. The summed E-state index contributed by atoms with van der Waals surface area (Å²) in [6.45, 7) is 0. The van der Waals surface area contributed by atoms with Crippen molar-refractivity contribution in [3.8, 4) is 10.6 Å². The molecule has 0 aliphatic heterocycles. The smallest absolute Gasteiger partial charge is 0.261 e. The number of benzene rings is 2. The second kappa shape index (κ2) is 8.57. The molecule has 0 aliphatic rings. The number of carbonyl (C=O) groups is 1. The summed E-state index contributed by atoms with van der Waals surface area (Å²) in [5.41, 5.74) is 1.33. The lowest BCUT2D eigenvalue weighted by molar-refractivity contribution is 0.102. The standard InChI is InChI=1S/C20H14ClN3O3S3/c21-18-10-9-17(29-18)16-12-28-20(22-16)23-19(25)13-5-4-6-14(11-13)24-30(26,27)15-7-2-1-3-8-15/h1-12,24H,(H,22,23,25). The maximum Gasteiger partial charge on any atom is 0.261 e. The molecule has 30 heavy (non-hydrogen) atoms. The molecule has 0 spiro atoms. The van der Waals surface area contributed by atoms with E-state index in [1.165, 1.54) is 40.9 Å². The van der Waals surface area contributed by atoms with Gasteiger partial charge in [-0.15, -0.1) is 22.7 Å². The van der Waals surface area contributed by atoms with E-state index in [9.17, 15) is 13.2 Å². The lowest BCUT2D eigenvalue weighted by Gasteiger charge is -2.09. The highest BCUT2D eigenvalue weighted by Gasteiger charge is 2.15. The largest absolute Gasteiger partial charge is 0.298 e. The Morgan fingerprint density at radius 1 is 1.00 bits per heavy atom. The molecule has 2 aromatic carbocycles. The number of nitrogens with one attached hydrogen (secondary N) is 2. The SMILES string of the molecule is O=C(Nc1nc(-c2ccc(Cl)s2)cs1)c1cccc(NS(=O)(=O)c2ccccc2)c1. The second-order valence-electron chi connectivity index (χ2n) is 6.10. The third-order valence-electron chi connectivity index (χ3n) is 3.98. The van der Waals surface area contributed by atoms with E-state index >= 15 is 0 Å². The molecular weight excluding hydrogens is 462 g/mol. The third-order valence-corrected chi connectivity index (χ3v) is 7.39. The number of thiazole rings is 1. The van der Waals surface area contributed by atoms with Crippen LogP contribution in [0.3, 0.4) is 0 Å². The molecular formula is C20H14ClN3O3S3. The molecule has 10 heteroatoms. The Kier molecular flexibility index (Phi) is 5.87. The zero-order valence-electron chi connectivity index (χ0n) is 15.2. The summed E-state index contributed by atoms with van der Waals surface area (Å²) in [5, 5.41) is 5.01. The minimum absolute atomic E-state index is 0.142. The van der Waals surface area contributed by atoms with Gasteiger partial charge in [-0.2, -0.15) is 0 Å². The molecule has 0 unspecified atom stereocenters. The lowest BCUT2D eigenvalue weighted by atomic mass is 10.2. The molecule has 0 atom stereocenters. The maximum atomic E-state index is 12.6. The number of amides is 1. The van der Waals surface area contributed by atoms with Crippen molar-refractivity contribution < 1.29 is 13.2 Å². The Morgan fingerprint density at radius 2 is 1.80 bits per heavy atom. The van der Waals surface area contributed by atoms with E-state index in [0.29, 0.717) is 20.7 Å². The van der Waals surface area contributed by atoms with E-state index in [-0.39, 0.29) is 10.8 Å². The van der Waals surface area contributed by atoms with Crippen LogP contribution in [0.2, 0.25) is 4.34 Å². The van der Waals surface area contributed by atoms with Crippen molar-refractivity contribution in [2.75, 3.05) is 10.0 Å². The third kappa shape index (κ3) is 4.71. The van der Waals surface area contributed by atoms with Crippen molar-refractivity contribution in [1.29, 1.82) is 0 Å². The van der Waals surface area contributed by atoms with Gasteiger partial charge < -0.3 is 0 Å². The van der Waals surface area contributed by atoms with Crippen molar-refractivity contribution in [2.45, 2.75) is 4.90 Å². The average Bonchev–Trinajstić information content (AvgIpc) is 3.37. The van der Waals surface area contributed by atoms with Gasteiger partial charge in [0.2, 0.25) is 0 Å². The summed E-state index contributed by atoms with van der Waals surface area (Å²) >= 11 is 8.66. The van der Waals surface area contributed by atoms with Gasteiger partial charge in [-0.3, -0.25) is 14.8 Å². The molecule has 0 bridgehead atoms. The van der Waals surface area contributed by atoms with Gasteiger partial charge in [-0.25, -0.2) is 13.4 Å². The van der Waals surface area contributed by atoms with Crippen molar-refractivity contribution in [3.05, 3.63) is 82.0 Å². The van der Waals surface area contributed by atoms with Crippen LogP contribution >= 0.6 is 34.3 Å². The first-order valence-corrected chi connectivity index (χ1v) is 12.2. The fraction of sp³-hybridized carbons (Fsp3) is 0. The van der Waals surface area contributed by atoms with Crippen molar-refractivity contribution >= 4 is 61.0 Å². The number of aromatic nitrogens is 1. The maximum absolute atomic E-state index is 12.6. The molecule has 2 heterocycles. The van der Waals surface area contributed by atoms with Crippen LogP contribution < -0.4 is 10.0 Å². The zero-order chi connectivity index (χ0) is 21.1. The van der Waals surface area contributed by atoms with E-state index in [4.69, 9.17) is 11.6 Å². The molecule has 0 radical (unpaired) electrons. The number of sulfonamides is 1. The Morgan fingerprint density at radius 3 is 2.53 bits per heavy atom. The fourth-order valence-electron chi connectivity index (χ4n) is 2.60. The van der Waals surface area contributed by atoms with Gasteiger partial charge >= 0.3 is 0 Å². The normalized spacial score (nSPS) is 11.2. The minimum Gasteiger partial charge on any atom is -0.298 e. The molecule has 0 saturated heterocycles. The molecule has 0 fully saturated rings. The van der Waals surface area contributed by atoms with Gasteiger partial charge in [0.05, 0.1) is 19.8 Å². The van der Waals surface area contributed by atoms with Crippen molar-refractivity contribution in [2.24, 2.45) is 0 Å². The van der Waals surface area contributed by atoms with Crippen LogP contribution in [0.5, 0.6) is 0 Å². The number of thiophene rings is 1. The van der Waals surface area contributed by atoms with Crippen LogP contribution in [-0.4, -0.2) is 19.3 Å². The predicted octanol–water partition coefficient (Wildman–Crippen LogP) is 5.58. The van der Waals surface area contributed by atoms with Crippen LogP contribution in [0.4, 0.5) is 10.8 Å². The van der Waals surface area contributed by atoms with E-state index < -0.39 is 10.0 Å². The highest BCUT2D eigenvalue weighted by Crippen LogP contribution is 2.33. The molecule has 4 aromatic rings. The molecule has 1 amide bonds. The average molecular weight is 476 g/mol. The first kappa shape index (κ1) is 20.5. The number of nitrogens with zero attached hydrogens (tertiary/aromatic N) is 1. The molecule has 152 valence electrons. The lowest BCUT2D eigenvalue weighted by Crippen LogP contribution is -2.15. The summed E-state index contributed by atoms with van der Waals surface area (Å²) in [6.07, 6.45) is 0. The summed E-state index contributed by atoms with van der Waals surface area (Å²) in [5.74, 6) is -0.388. The van der Waals surface area contributed by atoms with E-state index in [0.717, 1.165) is 10.6 Å². The summed E-state index contributed by atoms with van der Waals surface area (Å²) < 4.78 is 28.1. The molecule has 6 nitrogen and oxygen atoms in total. The zero-order valence-corrected chi connectivity index (χ0v) is 18.4. The fourth-order valence-corrected chi connectivity index (χ4v) is 5.46. The van der Waals surface area contributed by atoms with E-state index in [1.54, 1.807) is 42.5 Å². The summed E-state index contributed by atoms with van der Waals surface area (Å²) in [6, 6.07) is 18.0. The first-order valence-electron chi connectivity index (χ1n) is 8.61. The summed E-state index contributed by atoms with van der Waals surface area (Å²) in [4.78, 5) is 18.1. The van der Waals surface area contributed by atoms with Gasteiger partial charge in [-0.1, -0.05) is 35.9 Å². The predicted molar refractivity (Wildman–Crippen MR) is 122 cm³/mol. The van der Waals surface area contributed by atoms with Crippen LogP contribution in [0, 0.1) is 0 Å². The first-order chi connectivity index (χ1) is 14.4. The number of hydrogen-bond acceptors (Lipinski definition) is 6. The molecule has 4 rings (SSSR count). The number of anilines is 2. The van der Waals surface area contributed by atoms with Gasteiger partial charge in [0.25, 0.3) is 15.9 Å². The Hall–Kier alpha value is -2.72. The Balaban J connectivity index is 1.49. The number of rotatable bonds is 6. The highest BCUT2D eigenvalue weighted by atomic mass is 35.5. The van der Waals surface area contributed by atoms with Gasteiger partial charge in [0.1, 0.15) is 0 Å². The van der Waals surface area contributed by atoms with Crippen molar-refractivity contribution in [3.63, 3.8) is 0 Å². The molecule has 2 N–H and O–H groups in total. The molecule has 2 aromatic heterocycles. The monoisotopic (exact) mass is 475 g/mol. The van der Waals surface area contributed by atoms with Crippen LogP contribution in [0.15, 0.2) is 77.0 Å². The number of carbonyl (C=O) groups excluding carboxylic acids is 1. The van der Waals surface area contributed by atoms with E-state index in [1.807, 2.05) is 11.4 Å². The highest BCUT2D eigenvalue weighted by molar-refractivity contribution is 7.92. The minimum atomic E-state index is -3.74. The van der Waals surface area contributed by atoms with Gasteiger partial charge in [0, 0.05) is 16.6 Å². The van der Waals surface area contributed by atoms with E-state index in [2.05, 4.69) is 15.0 Å². The van der Waals surface area contributed by atoms with Gasteiger partial charge in [-0.05, 0) is 42.5 Å². The van der Waals surface area contributed by atoms with Crippen molar-refractivity contribution in [1.82, 2.24) is 4.98 Å². The van der Waals surface area contributed by atoms with Crippen LogP contribution in [-0.2, 0) is 10.0 Å². The second-order valence-corrected chi connectivity index (χ2v) is 10.4. The molecule has 0 saturated carbocycles. The van der Waals surface area contributed by atoms with Crippen LogP contribution in [0.25, 0.3) is 10.6 Å². The number of halogens is 1.